The maximum atomic E-state index is 10.1. The number of rotatable bonds is 0. The molecule has 1 saturated heterocycles. The smallest absolute Gasteiger partial charge is 0.0568 e. The largest absolute Gasteiger partial charge is 0.596 e. The van der Waals surface area contributed by atoms with Gasteiger partial charge in [-0.3, -0.25) is 0 Å². The molecule has 1 radical (unpaired) electrons. The molecule has 49 valence electrons. The van der Waals surface area contributed by atoms with Gasteiger partial charge in [0, 0.05) is 32.7 Å². The van der Waals surface area contributed by atoms with Gasteiger partial charge in [-0.1, -0.05) is 0 Å². The van der Waals surface area contributed by atoms with Gasteiger partial charge in [-0.05, 0) is 12.8 Å². The van der Waals surface area contributed by atoms with Crippen LogP contribution in [0, 0.1) is 0 Å². The van der Waals surface area contributed by atoms with Gasteiger partial charge >= 0.3 is 0 Å². The van der Waals surface area contributed by atoms with Gasteiger partial charge in [-0.15, -0.1) is 0 Å². The summed E-state index contributed by atoms with van der Waals surface area (Å²) in [6, 6.07) is 0. The van der Waals surface area contributed by atoms with Crippen LogP contribution in [0.25, 0.3) is 5.32 Å². The number of hydrogen-bond acceptors (Lipinski definition) is 2. The predicted molar refractivity (Wildman–Crippen MR) is 33.7 cm³/mol. The van der Waals surface area contributed by atoms with E-state index in [0.29, 0.717) is 12.8 Å². The van der Waals surface area contributed by atoms with Crippen LogP contribution < -0.4 is 0 Å². The van der Waals surface area contributed by atoms with Crippen molar-refractivity contribution in [1.82, 2.24) is 0 Å². The normalized spacial score (nSPS) is 15.6. The minimum absolute atomic E-state index is 0. The summed E-state index contributed by atoms with van der Waals surface area (Å²) < 4.78 is 0. The molecule has 9 heavy (non-hydrogen) atoms. The maximum Gasteiger partial charge on any atom is 0.0568 e. The van der Waals surface area contributed by atoms with Crippen molar-refractivity contribution in [3.63, 3.8) is 0 Å². The van der Waals surface area contributed by atoms with Crippen molar-refractivity contribution in [2.75, 3.05) is 0 Å². The number of imide groups is 1. The molecule has 0 aliphatic carbocycles. The van der Waals surface area contributed by atoms with E-state index in [9.17, 15) is 9.59 Å². The molecule has 1 fully saturated rings. The van der Waals surface area contributed by atoms with E-state index in [-0.39, 0.29) is 54.4 Å². The van der Waals surface area contributed by atoms with Gasteiger partial charge in [0.15, 0.2) is 0 Å². The van der Waals surface area contributed by atoms with Gasteiger partial charge in [0.05, 0.1) is 11.8 Å². The standard InChI is InChI=1S/C4H5NO2.H3P.Y/c6-3-1-2-4(7)5-3;;/h1-2H2,(H,5,6,7);1H3;/p-1. The van der Waals surface area contributed by atoms with E-state index in [1.807, 2.05) is 0 Å². The molecule has 1 heterocycles. The zero-order chi connectivity index (χ0) is 5.28. The Labute approximate surface area is 81.8 Å². The molecule has 3 nitrogen and oxygen atoms in total. The summed E-state index contributed by atoms with van der Waals surface area (Å²) in [5.41, 5.74) is 0. The minimum atomic E-state index is -0.273. The molecule has 1 unspecified atom stereocenters. The van der Waals surface area contributed by atoms with Crippen LogP contribution in [-0.2, 0) is 42.3 Å². The molecule has 0 aromatic rings. The first kappa shape index (κ1) is 12.4. The molecule has 0 saturated carbocycles. The Morgan fingerprint density at radius 3 is 1.56 bits per heavy atom. The molecule has 0 spiro atoms. The fourth-order valence-electron chi connectivity index (χ4n) is 0.465. The monoisotopic (exact) mass is 221 g/mol. The van der Waals surface area contributed by atoms with Crippen LogP contribution in [0.1, 0.15) is 12.8 Å². The Kier molecular flexibility index (Phi) is 7.50. The van der Waals surface area contributed by atoms with E-state index in [0.717, 1.165) is 0 Å². The molecule has 0 bridgehead atoms. The SMILES string of the molecule is O=C1CCC(=O)[N-]1.P.[Y]. The average Bonchev–Trinajstić information content (AvgIpc) is 1.87. The molecule has 0 aromatic heterocycles. The third-order valence-electron chi connectivity index (χ3n) is 0.802. The second-order valence-corrected chi connectivity index (χ2v) is 1.40. The van der Waals surface area contributed by atoms with E-state index < -0.39 is 0 Å². The van der Waals surface area contributed by atoms with E-state index in [2.05, 4.69) is 5.32 Å². The van der Waals surface area contributed by atoms with Gasteiger partial charge in [0.25, 0.3) is 0 Å². The molecule has 0 N–H and O–H groups in total. The second-order valence-electron chi connectivity index (χ2n) is 1.40. The molecule has 5 heteroatoms. The third kappa shape index (κ3) is 4.13. The van der Waals surface area contributed by atoms with Gasteiger partial charge in [0.2, 0.25) is 0 Å². The Hall–Kier alpha value is 0.674. The zero-order valence-corrected chi connectivity index (χ0v) is 9.21. The first-order valence-electron chi connectivity index (χ1n) is 2.06. The van der Waals surface area contributed by atoms with Crippen LogP contribution in [0.3, 0.4) is 0 Å². The van der Waals surface area contributed by atoms with Crippen molar-refractivity contribution in [3.8, 4) is 0 Å². The summed E-state index contributed by atoms with van der Waals surface area (Å²) >= 11 is 0. The molecule has 1 aliphatic heterocycles. The third-order valence-corrected chi connectivity index (χ3v) is 0.802. The average molecular weight is 221 g/mol. The van der Waals surface area contributed by atoms with Crippen LogP contribution in [0.15, 0.2) is 0 Å². The quantitative estimate of drug-likeness (QED) is 0.435. The number of nitrogens with zero attached hydrogens (tertiary/aromatic N) is 1. The van der Waals surface area contributed by atoms with Crippen molar-refractivity contribution >= 4 is 21.7 Å². The van der Waals surface area contributed by atoms with E-state index in [1.165, 1.54) is 0 Å². The van der Waals surface area contributed by atoms with Crippen LogP contribution in [-0.4, -0.2) is 11.8 Å². The topological polar surface area (TPSA) is 48.2 Å². The molecular formula is C4H7NO2PY-. The minimum Gasteiger partial charge on any atom is -0.596 e. The molecule has 1 rings (SSSR count). The second kappa shape index (κ2) is 5.46. The molecule has 0 aromatic carbocycles. The Morgan fingerprint density at radius 2 is 1.44 bits per heavy atom. The first-order valence-corrected chi connectivity index (χ1v) is 2.06. The fourth-order valence-corrected chi connectivity index (χ4v) is 0.465. The molecule has 2 amide bonds. The van der Waals surface area contributed by atoms with Crippen LogP contribution >= 0.6 is 9.90 Å². The Morgan fingerprint density at radius 1 is 1.11 bits per heavy atom. The summed E-state index contributed by atoms with van der Waals surface area (Å²) in [6.07, 6.45) is 0.637. The van der Waals surface area contributed by atoms with Crippen LogP contribution in [0.2, 0.25) is 0 Å². The molecule has 1 atom stereocenters. The van der Waals surface area contributed by atoms with Crippen molar-refractivity contribution in [3.05, 3.63) is 5.32 Å². The predicted octanol–water partition coefficient (Wildman–Crippen LogP) is 0.263. The summed E-state index contributed by atoms with van der Waals surface area (Å²) in [5.74, 6) is -0.546. The molecule has 1 aliphatic rings. The Bertz CT molecular complexity index is 114. The van der Waals surface area contributed by atoms with Crippen molar-refractivity contribution in [2.24, 2.45) is 0 Å². The van der Waals surface area contributed by atoms with Gasteiger partial charge < -0.3 is 14.9 Å². The summed E-state index contributed by atoms with van der Waals surface area (Å²) in [5, 5.41) is 3.11. The van der Waals surface area contributed by atoms with Crippen molar-refractivity contribution in [2.45, 2.75) is 12.8 Å². The maximum absolute atomic E-state index is 10.1. The van der Waals surface area contributed by atoms with E-state index >= 15 is 0 Å². The number of hydrogen-bond donors (Lipinski definition) is 0. The van der Waals surface area contributed by atoms with E-state index in [1.54, 1.807) is 0 Å². The van der Waals surface area contributed by atoms with Crippen molar-refractivity contribution < 1.29 is 42.3 Å². The number of carbonyl (C=O) groups excluding carboxylic acids is 2. The fraction of sp³-hybridized carbons (Fsp3) is 0.500. The van der Waals surface area contributed by atoms with Gasteiger partial charge in [-0.25, -0.2) is 0 Å². The summed E-state index contributed by atoms with van der Waals surface area (Å²) in [6.45, 7) is 0. The molecular weight excluding hydrogens is 214 g/mol. The van der Waals surface area contributed by atoms with E-state index in [4.69, 9.17) is 0 Å². The van der Waals surface area contributed by atoms with Crippen molar-refractivity contribution in [1.29, 1.82) is 0 Å². The summed E-state index contributed by atoms with van der Waals surface area (Å²) in [7, 11) is 0. The Balaban J connectivity index is 0. The number of amides is 2. The van der Waals surface area contributed by atoms with Gasteiger partial charge in [0.1, 0.15) is 0 Å². The summed E-state index contributed by atoms with van der Waals surface area (Å²) in [4.78, 5) is 20.1. The zero-order valence-electron chi connectivity index (χ0n) is 4.96. The number of carbonyl (C=O) groups is 2. The van der Waals surface area contributed by atoms with Crippen LogP contribution in [0.4, 0.5) is 0 Å². The first-order chi connectivity index (χ1) is 3.29. The van der Waals surface area contributed by atoms with Crippen LogP contribution in [0.5, 0.6) is 0 Å². The van der Waals surface area contributed by atoms with Gasteiger partial charge in [-0.2, -0.15) is 9.90 Å².